The molecule has 0 saturated carbocycles. The number of hydrogen-bond acceptors (Lipinski definition) is 2. The van der Waals surface area contributed by atoms with Gasteiger partial charge in [-0.05, 0) is 18.2 Å². The zero-order valence-electron chi connectivity index (χ0n) is 7.72. The molecular weight excluding hydrogens is 174 g/mol. The van der Waals surface area contributed by atoms with Gasteiger partial charge in [0.15, 0.2) is 5.69 Å². The molecule has 3 nitrogen and oxygen atoms in total. The zero-order valence-corrected chi connectivity index (χ0v) is 7.72. The second kappa shape index (κ2) is 4.00. The molecule has 0 aliphatic carbocycles. The van der Waals surface area contributed by atoms with Crippen LogP contribution in [-0.2, 0) is 0 Å². The first-order valence-corrected chi connectivity index (χ1v) is 4.47. The SMILES string of the molecule is N[NH2+]c1ccccc1-c1ccccn1. The summed E-state index contributed by atoms with van der Waals surface area (Å²) >= 11 is 0. The number of nitrogens with two attached hydrogens (primary N) is 2. The Balaban J connectivity index is 2.51. The number of pyridine rings is 1. The molecule has 1 aromatic heterocycles. The Morgan fingerprint density at radius 3 is 2.50 bits per heavy atom. The third-order valence-electron chi connectivity index (χ3n) is 2.08. The molecule has 1 aromatic carbocycles. The summed E-state index contributed by atoms with van der Waals surface area (Å²) in [5.74, 6) is 5.54. The Bertz CT molecular complexity index is 412. The minimum absolute atomic E-state index is 0.949. The van der Waals surface area contributed by atoms with Crippen LogP contribution in [0.1, 0.15) is 0 Å². The molecule has 0 unspecified atom stereocenters. The van der Waals surface area contributed by atoms with E-state index in [-0.39, 0.29) is 0 Å². The van der Waals surface area contributed by atoms with Crippen molar-refractivity contribution in [3.8, 4) is 11.3 Å². The molecule has 2 aromatic rings. The summed E-state index contributed by atoms with van der Waals surface area (Å²) in [5, 5.41) is 0. The van der Waals surface area contributed by atoms with Crippen LogP contribution >= 0.6 is 0 Å². The number of nitrogens with zero attached hydrogens (tertiary/aromatic N) is 1. The lowest BCUT2D eigenvalue weighted by molar-refractivity contribution is -0.583. The quantitative estimate of drug-likeness (QED) is 0.414. The number of quaternary nitrogens is 1. The van der Waals surface area contributed by atoms with Crippen LogP contribution in [0.4, 0.5) is 5.69 Å². The maximum atomic E-state index is 5.54. The number of benzene rings is 1. The van der Waals surface area contributed by atoms with Gasteiger partial charge in [-0.15, -0.1) is 0 Å². The molecule has 0 saturated heterocycles. The lowest BCUT2D eigenvalue weighted by atomic mass is 10.1. The lowest BCUT2D eigenvalue weighted by Crippen LogP contribution is -2.85. The van der Waals surface area contributed by atoms with Gasteiger partial charge in [0.2, 0.25) is 0 Å². The highest BCUT2D eigenvalue weighted by molar-refractivity contribution is 5.69. The van der Waals surface area contributed by atoms with E-state index in [1.165, 1.54) is 0 Å². The second-order valence-electron chi connectivity index (χ2n) is 2.97. The summed E-state index contributed by atoms with van der Waals surface area (Å²) in [5.41, 5.74) is 4.62. The van der Waals surface area contributed by atoms with Gasteiger partial charge in [0.05, 0.1) is 11.3 Å². The fourth-order valence-electron chi connectivity index (χ4n) is 1.40. The van der Waals surface area contributed by atoms with Gasteiger partial charge in [-0.25, -0.2) is 5.43 Å². The first-order valence-electron chi connectivity index (χ1n) is 4.47. The Labute approximate surface area is 82.6 Å². The fourth-order valence-corrected chi connectivity index (χ4v) is 1.40. The Morgan fingerprint density at radius 2 is 1.79 bits per heavy atom. The van der Waals surface area contributed by atoms with E-state index in [1.807, 2.05) is 42.5 Å². The fraction of sp³-hybridized carbons (Fsp3) is 0. The summed E-state index contributed by atoms with van der Waals surface area (Å²) in [6.45, 7) is 0. The van der Waals surface area contributed by atoms with Gasteiger partial charge < -0.3 is 0 Å². The summed E-state index contributed by atoms with van der Waals surface area (Å²) in [6, 6.07) is 13.8. The van der Waals surface area contributed by atoms with E-state index in [2.05, 4.69) is 4.98 Å². The van der Waals surface area contributed by atoms with Crippen LogP contribution < -0.4 is 11.3 Å². The Kier molecular flexibility index (Phi) is 2.53. The number of aromatic nitrogens is 1. The van der Waals surface area contributed by atoms with E-state index >= 15 is 0 Å². The van der Waals surface area contributed by atoms with Gasteiger partial charge in [0.25, 0.3) is 0 Å². The highest BCUT2D eigenvalue weighted by Crippen LogP contribution is 2.21. The van der Waals surface area contributed by atoms with E-state index in [0.717, 1.165) is 16.9 Å². The third kappa shape index (κ3) is 1.64. The monoisotopic (exact) mass is 186 g/mol. The van der Waals surface area contributed by atoms with Crippen molar-refractivity contribution in [3.63, 3.8) is 0 Å². The molecule has 0 aliphatic rings. The van der Waals surface area contributed by atoms with Crippen molar-refractivity contribution in [2.24, 2.45) is 5.84 Å². The van der Waals surface area contributed by atoms with E-state index in [0.29, 0.717) is 0 Å². The van der Waals surface area contributed by atoms with Gasteiger partial charge >= 0.3 is 0 Å². The van der Waals surface area contributed by atoms with Crippen LogP contribution in [0.2, 0.25) is 0 Å². The second-order valence-corrected chi connectivity index (χ2v) is 2.97. The highest BCUT2D eigenvalue weighted by atomic mass is 15.2. The zero-order chi connectivity index (χ0) is 9.80. The van der Waals surface area contributed by atoms with Gasteiger partial charge in [-0.3, -0.25) is 4.98 Å². The Morgan fingerprint density at radius 1 is 1.00 bits per heavy atom. The minimum Gasteiger partial charge on any atom is -0.256 e. The van der Waals surface area contributed by atoms with Crippen molar-refractivity contribution < 1.29 is 5.43 Å². The van der Waals surface area contributed by atoms with Crippen molar-refractivity contribution in [1.82, 2.24) is 4.98 Å². The highest BCUT2D eigenvalue weighted by Gasteiger charge is 2.06. The standard InChI is InChI=1S/C11H11N3/c12-14-11-7-2-1-5-9(11)10-6-3-4-8-13-10/h1-8,14H,12H2/p+1. The molecule has 1 heterocycles. The van der Waals surface area contributed by atoms with Crippen LogP contribution in [0.15, 0.2) is 48.7 Å². The molecule has 0 spiro atoms. The lowest BCUT2D eigenvalue weighted by Gasteiger charge is -2.02. The van der Waals surface area contributed by atoms with Gasteiger partial charge in [-0.2, -0.15) is 5.84 Å². The van der Waals surface area contributed by atoms with Crippen LogP contribution in [0, 0.1) is 0 Å². The average molecular weight is 186 g/mol. The molecule has 0 bridgehead atoms. The normalized spacial score (nSPS) is 10.1. The molecule has 0 fully saturated rings. The smallest absolute Gasteiger partial charge is 0.158 e. The first kappa shape index (κ1) is 8.87. The van der Waals surface area contributed by atoms with Crippen LogP contribution in [0.3, 0.4) is 0 Å². The van der Waals surface area contributed by atoms with E-state index in [1.54, 1.807) is 11.6 Å². The van der Waals surface area contributed by atoms with Crippen molar-refractivity contribution in [3.05, 3.63) is 48.7 Å². The van der Waals surface area contributed by atoms with Crippen molar-refractivity contribution >= 4 is 5.69 Å². The van der Waals surface area contributed by atoms with Crippen molar-refractivity contribution in [2.75, 3.05) is 0 Å². The maximum Gasteiger partial charge on any atom is 0.158 e. The van der Waals surface area contributed by atoms with Crippen LogP contribution in [-0.4, -0.2) is 4.98 Å². The van der Waals surface area contributed by atoms with E-state index in [9.17, 15) is 0 Å². The van der Waals surface area contributed by atoms with Crippen molar-refractivity contribution in [1.29, 1.82) is 0 Å². The molecule has 0 amide bonds. The van der Waals surface area contributed by atoms with E-state index in [4.69, 9.17) is 5.84 Å². The molecule has 0 aliphatic heterocycles. The topological polar surface area (TPSA) is 55.5 Å². The summed E-state index contributed by atoms with van der Waals surface area (Å²) < 4.78 is 0. The number of rotatable bonds is 2. The average Bonchev–Trinajstić information content (AvgIpc) is 2.30. The first-order chi connectivity index (χ1) is 6.92. The molecule has 70 valence electrons. The van der Waals surface area contributed by atoms with Gasteiger partial charge in [-0.1, -0.05) is 18.2 Å². The maximum absolute atomic E-state index is 5.54. The summed E-state index contributed by atoms with van der Waals surface area (Å²) in [7, 11) is 0. The molecule has 4 N–H and O–H groups in total. The molecular formula is C11H12N3+. The predicted octanol–water partition coefficient (Wildman–Crippen LogP) is 0.817. The van der Waals surface area contributed by atoms with Crippen LogP contribution in [0.5, 0.6) is 0 Å². The van der Waals surface area contributed by atoms with Crippen LogP contribution in [0.25, 0.3) is 11.3 Å². The predicted molar refractivity (Wildman–Crippen MR) is 55.4 cm³/mol. The van der Waals surface area contributed by atoms with Gasteiger partial charge in [0, 0.05) is 12.3 Å². The molecule has 3 heteroatoms. The summed E-state index contributed by atoms with van der Waals surface area (Å²) in [4.78, 5) is 4.28. The van der Waals surface area contributed by atoms with Gasteiger partial charge in [0.1, 0.15) is 0 Å². The molecule has 2 rings (SSSR count). The number of hydrogen-bond donors (Lipinski definition) is 2. The minimum atomic E-state index is 0.949. The molecule has 0 radical (unpaired) electrons. The van der Waals surface area contributed by atoms with E-state index < -0.39 is 0 Å². The largest absolute Gasteiger partial charge is 0.256 e. The molecule has 14 heavy (non-hydrogen) atoms. The van der Waals surface area contributed by atoms with Crippen molar-refractivity contribution in [2.45, 2.75) is 0 Å². The third-order valence-corrected chi connectivity index (χ3v) is 2.08. The molecule has 0 atom stereocenters. The summed E-state index contributed by atoms with van der Waals surface area (Å²) in [6.07, 6.45) is 1.78. The Hall–Kier alpha value is -1.71.